The Balaban J connectivity index is 0.000000316. The van der Waals surface area contributed by atoms with Gasteiger partial charge in [0.05, 0.1) is 18.4 Å². The summed E-state index contributed by atoms with van der Waals surface area (Å²) in [5, 5.41) is 4.47. The fourth-order valence-electron chi connectivity index (χ4n) is 3.14. The number of methoxy groups -OCH3 is 1. The Hall–Kier alpha value is -3.03. The van der Waals surface area contributed by atoms with E-state index in [9.17, 15) is 13.2 Å². The Morgan fingerprint density at radius 2 is 2.06 bits per heavy atom. The zero-order chi connectivity index (χ0) is 22.9. The summed E-state index contributed by atoms with van der Waals surface area (Å²) in [5.74, 6) is 1.22. The lowest BCUT2D eigenvalue weighted by Crippen LogP contribution is -2.11. The van der Waals surface area contributed by atoms with Gasteiger partial charge in [-0.3, -0.25) is 4.68 Å². The van der Waals surface area contributed by atoms with Crippen molar-refractivity contribution in [3.05, 3.63) is 65.7 Å². The number of nitrogens with zero attached hydrogens (tertiary/aromatic N) is 3. The number of ether oxygens (including phenoxy) is 1. The van der Waals surface area contributed by atoms with E-state index in [-0.39, 0.29) is 0 Å². The van der Waals surface area contributed by atoms with E-state index in [0.29, 0.717) is 23.5 Å². The predicted molar refractivity (Wildman–Crippen MR) is 118 cm³/mol. The number of alkyl halides is 3. The molecular weight excluding hydrogens is 405 g/mol. The minimum atomic E-state index is -4.35. The minimum Gasteiger partial charge on any atom is -0.497 e. The number of hydrogen-bond donors (Lipinski definition) is 1. The quantitative estimate of drug-likeness (QED) is 0.609. The van der Waals surface area contributed by atoms with Crippen LogP contribution in [0.1, 0.15) is 44.5 Å². The number of rotatable bonds is 5. The molecule has 0 saturated heterocycles. The van der Waals surface area contributed by atoms with Crippen LogP contribution in [0, 0.1) is 0 Å². The molecule has 0 spiro atoms. The highest BCUT2D eigenvalue weighted by Crippen LogP contribution is 2.30. The van der Waals surface area contributed by atoms with Crippen LogP contribution in [0.5, 0.6) is 5.75 Å². The molecule has 0 aromatic carbocycles. The van der Waals surface area contributed by atoms with Crippen LogP contribution < -0.4 is 10.5 Å². The average Bonchev–Trinajstić information content (AvgIpc) is 3.17. The van der Waals surface area contributed by atoms with Gasteiger partial charge in [0.25, 0.3) is 0 Å². The summed E-state index contributed by atoms with van der Waals surface area (Å²) in [5.41, 5.74) is 6.94. The summed E-state index contributed by atoms with van der Waals surface area (Å²) in [6.45, 7) is 4.33. The third kappa shape index (κ3) is 7.31. The van der Waals surface area contributed by atoms with E-state index in [2.05, 4.69) is 10.1 Å². The van der Waals surface area contributed by atoms with Gasteiger partial charge >= 0.3 is 6.18 Å². The lowest BCUT2D eigenvalue weighted by molar-refractivity contribution is -0.0883. The van der Waals surface area contributed by atoms with Gasteiger partial charge in [-0.1, -0.05) is 25.2 Å². The second kappa shape index (κ2) is 11.4. The van der Waals surface area contributed by atoms with E-state index >= 15 is 0 Å². The molecule has 0 radical (unpaired) electrons. The van der Waals surface area contributed by atoms with E-state index < -0.39 is 11.7 Å². The number of aromatic nitrogens is 3. The van der Waals surface area contributed by atoms with Crippen molar-refractivity contribution in [3.63, 3.8) is 0 Å². The fourth-order valence-corrected chi connectivity index (χ4v) is 3.14. The van der Waals surface area contributed by atoms with Crippen molar-refractivity contribution < 1.29 is 17.9 Å². The standard InChI is InChI=1S/C17H21F3N2.C6H8N2O/c1-3-7-13(11-14(8-4-2)17(18,19)20)16-12-15-9-5-6-10-22(15)21-16;1-9-5-2-3-8-6(7)4-5/h3,7-8,11-12H,4-6,9-10H2,1-2H3;2-4H,1H3,(H2,7,8)/b7-3-,13-11+,14-8-;. The number of nitrogen functional groups attached to an aromatic ring is 1. The second-order valence-electron chi connectivity index (χ2n) is 6.99. The number of fused-ring (bicyclic) bond motifs is 1. The van der Waals surface area contributed by atoms with Crippen LogP contribution >= 0.6 is 0 Å². The molecule has 0 atom stereocenters. The topological polar surface area (TPSA) is 66.0 Å². The van der Waals surface area contributed by atoms with Gasteiger partial charge in [0, 0.05) is 30.1 Å². The van der Waals surface area contributed by atoms with Crippen LogP contribution in [0.3, 0.4) is 0 Å². The van der Waals surface area contributed by atoms with Crippen molar-refractivity contribution in [2.45, 2.75) is 52.3 Å². The maximum atomic E-state index is 13.1. The molecular formula is C23H29F3N4O. The smallest absolute Gasteiger partial charge is 0.416 e. The first kappa shape index (κ1) is 24.2. The molecule has 2 aromatic heterocycles. The molecule has 8 heteroatoms. The van der Waals surface area contributed by atoms with Crippen LogP contribution in [-0.2, 0) is 13.0 Å². The highest BCUT2D eigenvalue weighted by molar-refractivity contribution is 5.74. The van der Waals surface area contributed by atoms with Gasteiger partial charge in [0.1, 0.15) is 11.6 Å². The number of pyridine rings is 1. The minimum absolute atomic E-state index is 0.341. The summed E-state index contributed by atoms with van der Waals surface area (Å²) < 4.78 is 46.0. The molecule has 0 aliphatic carbocycles. The number of aryl methyl sites for hydroxylation is 2. The van der Waals surface area contributed by atoms with Crippen LogP contribution in [0.4, 0.5) is 19.0 Å². The van der Waals surface area contributed by atoms with Crippen molar-refractivity contribution in [2.24, 2.45) is 0 Å². The molecule has 0 fully saturated rings. The number of halogens is 3. The first-order chi connectivity index (χ1) is 14.8. The first-order valence-electron chi connectivity index (χ1n) is 10.2. The maximum Gasteiger partial charge on any atom is 0.416 e. The molecule has 0 saturated carbocycles. The summed E-state index contributed by atoms with van der Waals surface area (Å²) >= 11 is 0. The van der Waals surface area contributed by atoms with Crippen molar-refractivity contribution in [1.29, 1.82) is 0 Å². The summed E-state index contributed by atoms with van der Waals surface area (Å²) in [6, 6.07) is 5.32. The second-order valence-corrected chi connectivity index (χ2v) is 6.99. The largest absolute Gasteiger partial charge is 0.497 e. The Labute approximate surface area is 181 Å². The highest BCUT2D eigenvalue weighted by Gasteiger charge is 2.32. The first-order valence-corrected chi connectivity index (χ1v) is 10.2. The molecule has 1 aliphatic heterocycles. The number of nitrogens with two attached hydrogens (primary N) is 1. The highest BCUT2D eigenvalue weighted by atomic mass is 19.4. The Morgan fingerprint density at radius 3 is 2.61 bits per heavy atom. The third-order valence-electron chi connectivity index (χ3n) is 4.61. The van der Waals surface area contributed by atoms with Crippen molar-refractivity contribution >= 4 is 11.4 Å². The zero-order valence-corrected chi connectivity index (χ0v) is 18.1. The Kier molecular flexibility index (Phi) is 8.90. The number of allylic oxidation sites excluding steroid dienone is 6. The lowest BCUT2D eigenvalue weighted by Gasteiger charge is -2.11. The third-order valence-corrected chi connectivity index (χ3v) is 4.61. The van der Waals surface area contributed by atoms with Gasteiger partial charge in [-0.05, 0) is 50.8 Å². The lowest BCUT2D eigenvalue weighted by atomic mass is 10.0. The van der Waals surface area contributed by atoms with Gasteiger partial charge in [0.2, 0.25) is 0 Å². The molecule has 31 heavy (non-hydrogen) atoms. The maximum absolute atomic E-state index is 13.1. The summed E-state index contributed by atoms with van der Waals surface area (Å²) in [4.78, 5) is 3.79. The van der Waals surface area contributed by atoms with Gasteiger partial charge < -0.3 is 10.5 Å². The SMILES string of the molecule is COc1ccnc(N)c1.C\C=C/C(=C\C(=C\CC)C(F)(F)F)c1cc2n(n1)CCCC2. The predicted octanol–water partition coefficient (Wildman–Crippen LogP) is 5.75. The average molecular weight is 435 g/mol. The Bertz CT molecular complexity index is 919. The van der Waals surface area contributed by atoms with Crippen LogP contribution in [0.2, 0.25) is 0 Å². The Morgan fingerprint density at radius 1 is 1.29 bits per heavy atom. The van der Waals surface area contributed by atoms with E-state index in [0.717, 1.165) is 37.3 Å². The molecule has 0 bridgehead atoms. The molecule has 0 amide bonds. The van der Waals surface area contributed by atoms with Gasteiger partial charge in [-0.25, -0.2) is 4.98 Å². The van der Waals surface area contributed by atoms with Gasteiger partial charge in [0.15, 0.2) is 0 Å². The zero-order valence-electron chi connectivity index (χ0n) is 18.1. The van der Waals surface area contributed by atoms with Crippen LogP contribution in [0.25, 0.3) is 5.57 Å². The van der Waals surface area contributed by atoms with E-state index in [1.54, 1.807) is 51.4 Å². The van der Waals surface area contributed by atoms with Gasteiger partial charge in [-0.15, -0.1) is 0 Å². The molecule has 2 aromatic rings. The summed E-state index contributed by atoms with van der Waals surface area (Å²) in [6.07, 6.45) is 6.54. The number of hydrogen-bond acceptors (Lipinski definition) is 4. The molecule has 3 heterocycles. The van der Waals surface area contributed by atoms with Crippen molar-refractivity contribution in [3.8, 4) is 5.75 Å². The number of anilines is 1. The van der Waals surface area contributed by atoms with Crippen LogP contribution in [-0.4, -0.2) is 28.1 Å². The molecule has 0 unspecified atom stereocenters. The van der Waals surface area contributed by atoms with E-state index in [1.807, 2.05) is 10.7 Å². The monoisotopic (exact) mass is 434 g/mol. The van der Waals surface area contributed by atoms with Crippen molar-refractivity contribution in [1.82, 2.24) is 14.8 Å². The molecule has 168 valence electrons. The van der Waals surface area contributed by atoms with Gasteiger partial charge in [-0.2, -0.15) is 18.3 Å². The molecule has 3 rings (SSSR count). The molecule has 2 N–H and O–H groups in total. The normalized spacial score (nSPS) is 14.8. The molecule has 5 nitrogen and oxygen atoms in total. The van der Waals surface area contributed by atoms with Crippen molar-refractivity contribution in [2.75, 3.05) is 12.8 Å². The molecule has 1 aliphatic rings. The van der Waals surface area contributed by atoms with E-state index in [4.69, 9.17) is 10.5 Å². The fraction of sp³-hybridized carbons (Fsp3) is 0.391. The van der Waals surface area contributed by atoms with E-state index in [1.165, 1.54) is 12.2 Å². The summed E-state index contributed by atoms with van der Waals surface area (Å²) in [7, 11) is 1.59. The van der Waals surface area contributed by atoms with Crippen LogP contribution in [0.15, 0.2) is 54.3 Å².